The molecule has 2 atom stereocenters. The fraction of sp³-hybridized carbons (Fsp3) is 0.353. The lowest BCUT2D eigenvalue weighted by Crippen LogP contribution is -2.33. The Hall–Kier alpha value is -2.63. The summed E-state index contributed by atoms with van der Waals surface area (Å²) in [6.07, 6.45) is 4.67. The Morgan fingerprint density at radius 3 is 2.91 bits per heavy atom. The summed E-state index contributed by atoms with van der Waals surface area (Å²) in [5, 5.41) is 9.98. The number of aromatic nitrogens is 2. The van der Waals surface area contributed by atoms with Crippen LogP contribution in [0.25, 0.3) is 0 Å². The first-order chi connectivity index (χ1) is 11.0. The highest BCUT2D eigenvalue weighted by Gasteiger charge is 2.20. The molecule has 0 aliphatic carbocycles. The molecule has 1 aromatic heterocycles. The van der Waals surface area contributed by atoms with Gasteiger partial charge in [0.25, 0.3) is 0 Å². The third-order valence-corrected chi connectivity index (χ3v) is 4.18. The average Bonchev–Trinajstić information content (AvgIpc) is 3.07. The highest BCUT2D eigenvalue weighted by atomic mass is 16.2. The topological polar surface area (TPSA) is 76.0 Å². The van der Waals surface area contributed by atoms with Gasteiger partial charge in [-0.3, -0.25) is 14.3 Å². The first kappa shape index (κ1) is 15.3. The molecular formula is C17H20N4O2. The molecule has 1 aliphatic rings. The smallest absolute Gasteiger partial charge is 0.245 e. The fourth-order valence-electron chi connectivity index (χ4n) is 2.72. The second-order valence-corrected chi connectivity index (χ2v) is 5.86. The number of nitrogens with zero attached hydrogens (tertiary/aromatic N) is 2. The molecule has 120 valence electrons. The Kier molecular flexibility index (Phi) is 4.14. The minimum Gasteiger partial charge on any atom is -0.348 e. The number of rotatable bonds is 4. The zero-order valence-corrected chi connectivity index (χ0v) is 13.2. The highest BCUT2D eigenvalue weighted by molar-refractivity contribution is 5.93. The van der Waals surface area contributed by atoms with Crippen molar-refractivity contribution < 1.29 is 9.59 Å². The van der Waals surface area contributed by atoms with Crippen molar-refractivity contribution in [2.75, 3.05) is 5.32 Å². The van der Waals surface area contributed by atoms with Gasteiger partial charge in [-0.2, -0.15) is 5.10 Å². The average molecular weight is 312 g/mol. The van der Waals surface area contributed by atoms with Crippen LogP contribution in [0.15, 0.2) is 36.7 Å². The third kappa shape index (κ3) is 3.26. The first-order valence-electron chi connectivity index (χ1n) is 7.77. The maximum Gasteiger partial charge on any atom is 0.245 e. The van der Waals surface area contributed by atoms with Gasteiger partial charge < -0.3 is 10.6 Å². The van der Waals surface area contributed by atoms with E-state index in [1.807, 2.05) is 26.0 Å². The van der Waals surface area contributed by atoms with Crippen LogP contribution in [0.5, 0.6) is 0 Å². The van der Waals surface area contributed by atoms with Gasteiger partial charge in [-0.05, 0) is 43.5 Å². The van der Waals surface area contributed by atoms with Crippen molar-refractivity contribution in [3.63, 3.8) is 0 Å². The number of carbonyl (C=O) groups excluding carboxylic acids is 2. The summed E-state index contributed by atoms with van der Waals surface area (Å²) in [5.41, 5.74) is 3.01. The molecule has 2 unspecified atom stereocenters. The Labute approximate surface area is 134 Å². The molecule has 2 heterocycles. The quantitative estimate of drug-likeness (QED) is 0.909. The van der Waals surface area contributed by atoms with Gasteiger partial charge in [0.2, 0.25) is 11.8 Å². The zero-order chi connectivity index (χ0) is 16.4. The van der Waals surface area contributed by atoms with Crippen LogP contribution in [0.1, 0.15) is 43.5 Å². The van der Waals surface area contributed by atoms with Gasteiger partial charge in [0.15, 0.2) is 0 Å². The van der Waals surface area contributed by atoms with Crippen LogP contribution < -0.4 is 10.6 Å². The van der Waals surface area contributed by atoms with E-state index in [-0.39, 0.29) is 23.9 Å². The molecule has 1 aliphatic heterocycles. The summed E-state index contributed by atoms with van der Waals surface area (Å²) in [6.45, 7) is 3.77. The number of aryl methyl sites for hydroxylation is 1. The molecule has 0 fully saturated rings. The predicted molar refractivity (Wildman–Crippen MR) is 86.9 cm³/mol. The number of carbonyl (C=O) groups is 2. The van der Waals surface area contributed by atoms with E-state index in [9.17, 15) is 9.59 Å². The zero-order valence-electron chi connectivity index (χ0n) is 13.2. The number of hydrogen-bond donors (Lipinski definition) is 2. The SMILES string of the molecule is CC(NC(=O)C(C)n1cccn1)c1ccc2c(c1)CCC(=O)N2. The number of nitrogens with one attached hydrogen (secondary N) is 2. The van der Waals surface area contributed by atoms with E-state index in [1.54, 1.807) is 23.1 Å². The number of fused-ring (bicyclic) bond motifs is 1. The van der Waals surface area contributed by atoms with Gasteiger partial charge >= 0.3 is 0 Å². The van der Waals surface area contributed by atoms with Gasteiger partial charge in [0.05, 0.1) is 6.04 Å². The van der Waals surface area contributed by atoms with Gasteiger partial charge in [-0.15, -0.1) is 0 Å². The molecule has 3 rings (SSSR count). The molecule has 0 bridgehead atoms. The van der Waals surface area contributed by atoms with E-state index in [1.165, 1.54) is 0 Å². The Bertz CT molecular complexity index is 724. The van der Waals surface area contributed by atoms with Gasteiger partial charge in [-0.1, -0.05) is 12.1 Å². The fourth-order valence-corrected chi connectivity index (χ4v) is 2.72. The van der Waals surface area contributed by atoms with Crippen LogP contribution >= 0.6 is 0 Å². The van der Waals surface area contributed by atoms with E-state index in [0.717, 1.165) is 23.2 Å². The van der Waals surface area contributed by atoms with Crippen molar-refractivity contribution in [2.45, 2.75) is 38.8 Å². The summed E-state index contributed by atoms with van der Waals surface area (Å²) in [6, 6.07) is 7.23. The normalized spacial score (nSPS) is 16.2. The second kappa shape index (κ2) is 6.24. The minimum absolute atomic E-state index is 0.0552. The van der Waals surface area contributed by atoms with Crippen LogP contribution in [0.2, 0.25) is 0 Å². The summed E-state index contributed by atoms with van der Waals surface area (Å²) in [5.74, 6) is -0.0214. The summed E-state index contributed by atoms with van der Waals surface area (Å²) < 4.78 is 1.63. The molecule has 2 aromatic rings. The van der Waals surface area contributed by atoms with Crippen molar-refractivity contribution in [3.8, 4) is 0 Å². The predicted octanol–water partition coefficient (Wildman–Crippen LogP) is 2.21. The number of benzene rings is 1. The highest BCUT2D eigenvalue weighted by Crippen LogP contribution is 2.26. The maximum atomic E-state index is 12.3. The van der Waals surface area contributed by atoms with Crippen molar-refractivity contribution in [1.29, 1.82) is 0 Å². The molecule has 6 nitrogen and oxygen atoms in total. The standard InChI is InChI=1S/C17H20N4O2/c1-11(19-17(23)12(2)21-9-3-8-18-21)13-4-6-15-14(10-13)5-7-16(22)20-15/h3-4,6,8-12H,5,7H2,1-2H3,(H,19,23)(H,20,22). The largest absolute Gasteiger partial charge is 0.348 e. The summed E-state index contributed by atoms with van der Waals surface area (Å²) in [4.78, 5) is 23.7. The van der Waals surface area contributed by atoms with Gasteiger partial charge in [0, 0.05) is 24.5 Å². The molecule has 2 amide bonds. The molecule has 0 saturated heterocycles. The van der Waals surface area contributed by atoms with Crippen LogP contribution in [-0.4, -0.2) is 21.6 Å². The molecule has 0 radical (unpaired) electrons. The number of anilines is 1. The minimum atomic E-state index is -0.357. The molecule has 0 saturated carbocycles. The van der Waals surface area contributed by atoms with Crippen molar-refractivity contribution in [2.24, 2.45) is 0 Å². The molecule has 0 spiro atoms. The number of hydrogen-bond acceptors (Lipinski definition) is 3. The van der Waals surface area contributed by atoms with E-state index in [2.05, 4.69) is 21.8 Å². The molecule has 1 aromatic carbocycles. The van der Waals surface area contributed by atoms with E-state index in [4.69, 9.17) is 0 Å². The summed E-state index contributed by atoms with van der Waals surface area (Å²) >= 11 is 0. The Morgan fingerprint density at radius 2 is 2.17 bits per heavy atom. The lowest BCUT2D eigenvalue weighted by Gasteiger charge is -2.21. The van der Waals surface area contributed by atoms with Crippen LogP contribution in [0.3, 0.4) is 0 Å². The summed E-state index contributed by atoms with van der Waals surface area (Å²) in [7, 11) is 0. The molecule has 23 heavy (non-hydrogen) atoms. The molecule has 2 N–H and O–H groups in total. The van der Waals surface area contributed by atoms with Crippen LogP contribution in [0.4, 0.5) is 5.69 Å². The third-order valence-electron chi connectivity index (χ3n) is 4.18. The lowest BCUT2D eigenvalue weighted by atomic mass is 9.97. The van der Waals surface area contributed by atoms with E-state index < -0.39 is 0 Å². The maximum absolute atomic E-state index is 12.3. The van der Waals surface area contributed by atoms with E-state index >= 15 is 0 Å². The number of amides is 2. The van der Waals surface area contributed by atoms with Crippen molar-refractivity contribution in [1.82, 2.24) is 15.1 Å². The molecule has 6 heteroatoms. The molecular weight excluding hydrogens is 292 g/mol. The van der Waals surface area contributed by atoms with Crippen molar-refractivity contribution in [3.05, 3.63) is 47.8 Å². The van der Waals surface area contributed by atoms with Crippen LogP contribution in [0, 0.1) is 0 Å². The lowest BCUT2D eigenvalue weighted by molar-refractivity contribution is -0.124. The van der Waals surface area contributed by atoms with Gasteiger partial charge in [-0.25, -0.2) is 0 Å². The second-order valence-electron chi connectivity index (χ2n) is 5.86. The Morgan fingerprint density at radius 1 is 1.35 bits per heavy atom. The van der Waals surface area contributed by atoms with Gasteiger partial charge in [0.1, 0.15) is 6.04 Å². The Balaban J connectivity index is 1.70. The van der Waals surface area contributed by atoms with Crippen molar-refractivity contribution >= 4 is 17.5 Å². The van der Waals surface area contributed by atoms with E-state index in [0.29, 0.717) is 6.42 Å². The van der Waals surface area contributed by atoms with Crippen LogP contribution in [-0.2, 0) is 16.0 Å². The monoisotopic (exact) mass is 312 g/mol. The first-order valence-corrected chi connectivity index (χ1v) is 7.77.